The van der Waals surface area contributed by atoms with Gasteiger partial charge in [-0.15, -0.1) is 10.2 Å². The van der Waals surface area contributed by atoms with Gasteiger partial charge in [-0.25, -0.2) is 4.99 Å². The summed E-state index contributed by atoms with van der Waals surface area (Å²) >= 11 is 0. The van der Waals surface area contributed by atoms with Crippen molar-refractivity contribution in [1.82, 2.24) is 25.0 Å². The predicted molar refractivity (Wildman–Crippen MR) is 92.3 cm³/mol. The molecular formula is C17H30N6. The molecule has 2 fully saturated rings. The topological polar surface area (TPSA) is 58.3 Å². The normalized spacial score (nSPS) is 21.2. The Morgan fingerprint density at radius 1 is 1.22 bits per heavy atom. The van der Waals surface area contributed by atoms with E-state index in [1.807, 2.05) is 18.5 Å². The van der Waals surface area contributed by atoms with E-state index in [1.54, 1.807) is 0 Å². The Bertz CT molecular complexity index is 555. The van der Waals surface area contributed by atoms with Gasteiger partial charge < -0.3 is 14.8 Å². The molecule has 0 aromatic carbocycles. The summed E-state index contributed by atoms with van der Waals surface area (Å²) in [5, 5.41) is 11.8. The molecule has 6 nitrogen and oxygen atoms in total. The second-order valence-corrected chi connectivity index (χ2v) is 7.12. The summed E-state index contributed by atoms with van der Waals surface area (Å²) in [6, 6.07) is 0. The first-order valence-corrected chi connectivity index (χ1v) is 9.02. The lowest BCUT2D eigenvalue weighted by atomic mass is 9.73. The number of aliphatic imine (C=N–C) groups is 1. The molecule has 0 bridgehead atoms. The largest absolute Gasteiger partial charge is 0.357 e. The predicted octanol–water partition coefficient (Wildman–Crippen LogP) is 2.25. The number of nitrogens with zero attached hydrogens (tertiary/aromatic N) is 5. The molecule has 3 rings (SSSR count). The quantitative estimate of drug-likeness (QED) is 0.686. The van der Waals surface area contributed by atoms with Gasteiger partial charge in [-0.2, -0.15) is 0 Å². The Kier molecular flexibility index (Phi) is 4.87. The van der Waals surface area contributed by atoms with Crippen molar-refractivity contribution in [1.29, 1.82) is 0 Å². The van der Waals surface area contributed by atoms with Crippen LogP contribution < -0.4 is 5.32 Å². The third-order valence-electron chi connectivity index (χ3n) is 5.54. The second-order valence-electron chi connectivity index (χ2n) is 7.12. The highest BCUT2D eigenvalue weighted by molar-refractivity contribution is 5.80. The summed E-state index contributed by atoms with van der Waals surface area (Å²) in [7, 11) is 2.00. The summed E-state index contributed by atoms with van der Waals surface area (Å²) < 4.78 is 2.01. The van der Waals surface area contributed by atoms with Gasteiger partial charge in [-0.3, -0.25) is 0 Å². The maximum Gasteiger partial charge on any atom is 0.194 e. The molecule has 1 aliphatic heterocycles. The molecule has 1 aliphatic carbocycles. The molecule has 1 aromatic heterocycles. The number of likely N-dealkylation sites (tertiary alicyclic amines) is 1. The van der Waals surface area contributed by atoms with Gasteiger partial charge in [0, 0.05) is 26.7 Å². The highest BCUT2D eigenvalue weighted by Crippen LogP contribution is 2.43. The van der Waals surface area contributed by atoms with Crippen LogP contribution in [0.2, 0.25) is 0 Å². The van der Waals surface area contributed by atoms with Crippen molar-refractivity contribution < 1.29 is 0 Å². The van der Waals surface area contributed by atoms with Crippen LogP contribution in [0.3, 0.4) is 0 Å². The first-order chi connectivity index (χ1) is 11.1. The van der Waals surface area contributed by atoms with Crippen molar-refractivity contribution in [3.8, 4) is 0 Å². The molecule has 0 atom stereocenters. The second kappa shape index (κ2) is 6.89. The van der Waals surface area contributed by atoms with E-state index >= 15 is 0 Å². The number of rotatable bonds is 3. The average molecular weight is 318 g/mol. The minimum atomic E-state index is 0.551. The molecular weight excluding hydrogens is 288 g/mol. The van der Waals surface area contributed by atoms with Crippen LogP contribution in [0.1, 0.15) is 57.1 Å². The molecule has 128 valence electrons. The first-order valence-electron chi connectivity index (χ1n) is 9.02. The zero-order valence-corrected chi connectivity index (χ0v) is 14.8. The van der Waals surface area contributed by atoms with E-state index in [4.69, 9.17) is 4.99 Å². The van der Waals surface area contributed by atoms with Crippen molar-refractivity contribution in [3.05, 3.63) is 11.6 Å². The number of aryl methyl sites for hydroxylation is 1. The van der Waals surface area contributed by atoms with Crippen LogP contribution in [-0.4, -0.2) is 45.3 Å². The molecule has 23 heavy (non-hydrogen) atoms. The van der Waals surface area contributed by atoms with Crippen LogP contribution in [0, 0.1) is 12.3 Å². The van der Waals surface area contributed by atoms with E-state index in [-0.39, 0.29) is 0 Å². The molecule has 2 heterocycles. The molecule has 1 spiro atoms. The maximum atomic E-state index is 4.83. The minimum absolute atomic E-state index is 0.551. The summed E-state index contributed by atoms with van der Waals surface area (Å²) in [5.74, 6) is 2.89. The molecule has 6 heteroatoms. The van der Waals surface area contributed by atoms with Crippen LogP contribution in [0.15, 0.2) is 4.99 Å². The number of guanidine groups is 1. The smallest absolute Gasteiger partial charge is 0.194 e. The van der Waals surface area contributed by atoms with Crippen LogP contribution >= 0.6 is 0 Å². The fourth-order valence-electron chi connectivity index (χ4n) is 3.99. The summed E-state index contributed by atoms with van der Waals surface area (Å²) in [6.45, 7) is 7.89. The van der Waals surface area contributed by atoms with E-state index in [0.29, 0.717) is 12.0 Å². The van der Waals surface area contributed by atoms with Gasteiger partial charge in [-0.05, 0) is 38.5 Å². The standard InChI is InChI=1S/C17H30N6/c1-4-18-16(19-12-15-21-20-14(2)22(15)3)23-11-10-17(13-23)8-6-5-7-9-17/h4-13H2,1-3H3,(H,18,19). The molecule has 0 amide bonds. The number of hydrogen-bond donors (Lipinski definition) is 1. The molecule has 1 saturated heterocycles. The van der Waals surface area contributed by atoms with Crippen LogP contribution in [0.25, 0.3) is 0 Å². The zero-order chi connectivity index (χ0) is 16.3. The Morgan fingerprint density at radius 2 is 2.00 bits per heavy atom. The average Bonchev–Trinajstić information content (AvgIpc) is 3.10. The number of nitrogens with one attached hydrogen (secondary N) is 1. The molecule has 2 aliphatic rings. The lowest BCUT2D eigenvalue weighted by molar-refractivity contribution is 0.203. The highest BCUT2D eigenvalue weighted by Gasteiger charge is 2.39. The van der Waals surface area contributed by atoms with E-state index < -0.39 is 0 Å². The molecule has 1 N–H and O–H groups in total. The lowest BCUT2D eigenvalue weighted by Crippen LogP contribution is -2.41. The first kappa shape index (κ1) is 16.3. The van der Waals surface area contributed by atoms with Crippen molar-refractivity contribution in [2.45, 2.75) is 58.9 Å². The van der Waals surface area contributed by atoms with Gasteiger partial charge in [-0.1, -0.05) is 19.3 Å². The number of hydrogen-bond acceptors (Lipinski definition) is 3. The molecule has 1 saturated carbocycles. The van der Waals surface area contributed by atoms with Gasteiger partial charge in [0.2, 0.25) is 0 Å². The van der Waals surface area contributed by atoms with Crippen LogP contribution in [0.4, 0.5) is 0 Å². The summed E-state index contributed by atoms with van der Waals surface area (Å²) in [5.41, 5.74) is 0.551. The fourth-order valence-corrected chi connectivity index (χ4v) is 3.99. The Morgan fingerprint density at radius 3 is 2.65 bits per heavy atom. The van der Waals surface area contributed by atoms with E-state index in [2.05, 4.69) is 27.3 Å². The Labute approximate surface area is 139 Å². The zero-order valence-electron chi connectivity index (χ0n) is 14.8. The van der Waals surface area contributed by atoms with Gasteiger partial charge in [0.15, 0.2) is 11.8 Å². The van der Waals surface area contributed by atoms with Gasteiger partial charge in [0.1, 0.15) is 12.4 Å². The molecule has 0 unspecified atom stereocenters. The number of aromatic nitrogens is 3. The van der Waals surface area contributed by atoms with Crippen molar-refractivity contribution in [2.75, 3.05) is 19.6 Å². The highest BCUT2D eigenvalue weighted by atomic mass is 15.3. The van der Waals surface area contributed by atoms with E-state index in [1.165, 1.54) is 38.5 Å². The minimum Gasteiger partial charge on any atom is -0.357 e. The Balaban J connectivity index is 1.69. The maximum absolute atomic E-state index is 4.83. The van der Waals surface area contributed by atoms with Crippen LogP contribution in [-0.2, 0) is 13.6 Å². The monoisotopic (exact) mass is 318 g/mol. The third kappa shape index (κ3) is 3.51. The van der Waals surface area contributed by atoms with Crippen molar-refractivity contribution in [3.63, 3.8) is 0 Å². The van der Waals surface area contributed by atoms with Gasteiger partial charge >= 0.3 is 0 Å². The van der Waals surface area contributed by atoms with E-state index in [0.717, 1.165) is 37.2 Å². The van der Waals surface area contributed by atoms with E-state index in [9.17, 15) is 0 Å². The fraction of sp³-hybridized carbons (Fsp3) is 0.824. The van der Waals surface area contributed by atoms with Gasteiger partial charge in [0.05, 0.1) is 0 Å². The lowest BCUT2D eigenvalue weighted by Gasteiger charge is -2.33. The molecule has 0 radical (unpaired) electrons. The molecule has 1 aromatic rings. The van der Waals surface area contributed by atoms with Crippen LogP contribution in [0.5, 0.6) is 0 Å². The third-order valence-corrected chi connectivity index (χ3v) is 5.54. The Hall–Kier alpha value is -1.59. The van der Waals surface area contributed by atoms with Crippen molar-refractivity contribution in [2.24, 2.45) is 17.5 Å². The SMILES string of the molecule is CCNC(=NCc1nnc(C)n1C)N1CCC2(CCCCC2)C1. The summed E-state index contributed by atoms with van der Waals surface area (Å²) in [4.78, 5) is 7.28. The van der Waals surface area contributed by atoms with Gasteiger partial charge in [0.25, 0.3) is 0 Å². The van der Waals surface area contributed by atoms with Crippen molar-refractivity contribution >= 4 is 5.96 Å². The summed E-state index contributed by atoms with van der Waals surface area (Å²) in [6.07, 6.45) is 8.33.